The number of rotatable bonds is 6. The maximum Gasteiger partial charge on any atom is 0.303 e. The highest BCUT2D eigenvalue weighted by Crippen LogP contribution is 2.14. The van der Waals surface area contributed by atoms with E-state index in [-0.39, 0.29) is 0 Å². The maximum absolute atomic E-state index is 10.3. The van der Waals surface area contributed by atoms with Crippen LogP contribution < -0.4 is 0 Å². The normalized spacial score (nSPS) is 13.3. The summed E-state index contributed by atoms with van der Waals surface area (Å²) in [5.74, 6) is 0.398. The second-order valence-electron chi connectivity index (χ2n) is 4.03. The topological polar surface area (TPSA) is 37.3 Å². The van der Waals surface area contributed by atoms with Crippen LogP contribution in [0.3, 0.4) is 0 Å². The van der Waals surface area contributed by atoms with Gasteiger partial charge >= 0.3 is 5.97 Å². The molecule has 1 N–H and O–H groups in total. The summed E-state index contributed by atoms with van der Waals surface area (Å²) in [6.07, 6.45) is 3.73. The molecule has 0 radical (unpaired) electrons. The van der Waals surface area contributed by atoms with Crippen LogP contribution in [0, 0.1) is 11.8 Å². The molecule has 72 valence electrons. The van der Waals surface area contributed by atoms with Crippen LogP contribution in [0.25, 0.3) is 0 Å². The van der Waals surface area contributed by atoms with Crippen molar-refractivity contribution >= 4 is 5.97 Å². The summed E-state index contributed by atoms with van der Waals surface area (Å²) in [6.45, 7) is 6.40. The molecule has 1 atom stereocenters. The third-order valence-electron chi connectivity index (χ3n) is 2.00. The molecule has 0 fully saturated rings. The van der Waals surface area contributed by atoms with Crippen LogP contribution in [-0.2, 0) is 4.79 Å². The molecule has 2 heteroatoms. The predicted octanol–water partition coefficient (Wildman–Crippen LogP) is 2.92. The quantitative estimate of drug-likeness (QED) is 0.668. The summed E-state index contributed by atoms with van der Waals surface area (Å²) in [6, 6.07) is 0. The molecule has 12 heavy (non-hydrogen) atoms. The van der Waals surface area contributed by atoms with Crippen molar-refractivity contribution in [1.29, 1.82) is 0 Å². The summed E-state index contributed by atoms with van der Waals surface area (Å²) in [5.41, 5.74) is 0. The number of carboxylic acids is 1. The largest absolute Gasteiger partial charge is 0.481 e. The summed E-state index contributed by atoms with van der Waals surface area (Å²) in [7, 11) is 0. The molecule has 0 saturated carbocycles. The highest BCUT2D eigenvalue weighted by atomic mass is 16.4. The lowest BCUT2D eigenvalue weighted by Crippen LogP contribution is -2.04. The molecule has 0 saturated heterocycles. The van der Waals surface area contributed by atoms with E-state index in [9.17, 15) is 4.79 Å². The number of hydrogen-bond donors (Lipinski definition) is 1. The molecule has 0 spiro atoms. The fourth-order valence-corrected chi connectivity index (χ4v) is 1.27. The zero-order valence-electron chi connectivity index (χ0n) is 8.34. The molecule has 0 aliphatic rings. The SMILES string of the molecule is CC(C)CCC[C@H](C)CC(=O)O. The Kier molecular flexibility index (Phi) is 5.77. The standard InChI is InChI=1S/C10H20O2/c1-8(2)5-4-6-9(3)7-10(11)12/h8-9H,4-7H2,1-3H3,(H,11,12)/t9-/m0/s1. The molecule has 0 aromatic heterocycles. The minimum Gasteiger partial charge on any atom is -0.481 e. The van der Waals surface area contributed by atoms with E-state index in [1.54, 1.807) is 0 Å². The van der Waals surface area contributed by atoms with Gasteiger partial charge in [-0.2, -0.15) is 0 Å². The lowest BCUT2D eigenvalue weighted by atomic mass is 9.97. The highest BCUT2D eigenvalue weighted by molar-refractivity contribution is 5.66. The van der Waals surface area contributed by atoms with Gasteiger partial charge in [-0.3, -0.25) is 4.79 Å². The van der Waals surface area contributed by atoms with E-state index in [0.717, 1.165) is 18.8 Å². The smallest absolute Gasteiger partial charge is 0.303 e. The van der Waals surface area contributed by atoms with E-state index in [4.69, 9.17) is 5.11 Å². The maximum atomic E-state index is 10.3. The molecule has 0 unspecified atom stereocenters. The summed E-state index contributed by atoms with van der Waals surface area (Å²) in [5, 5.41) is 8.49. The van der Waals surface area contributed by atoms with Crippen molar-refractivity contribution in [1.82, 2.24) is 0 Å². The van der Waals surface area contributed by atoms with Crippen LogP contribution in [0.2, 0.25) is 0 Å². The van der Waals surface area contributed by atoms with E-state index >= 15 is 0 Å². The van der Waals surface area contributed by atoms with Gasteiger partial charge in [-0.05, 0) is 11.8 Å². The Morgan fingerprint density at radius 1 is 1.25 bits per heavy atom. The first-order chi connectivity index (χ1) is 5.52. The molecule has 0 aromatic carbocycles. The first-order valence-corrected chi connectivity index (χ1v) is 4.74. The Morgan fingerprint density at radius 3 is 2.25 bits per heavy atom. The lowest BCUT2D eigenvalue weighted by Gasteiger charge is -2.09. The molecule has 0 bridgehead atoms. The summed E-state index contributed by atoms with van der Waals surface area (Å²) >= 11 is 0. The number of carboxylic acid groups (broad SMARTS) is 1. The van der Waals surface area contributed by atoms with E-state index in [1.165, 1.54) is 6.42 Å². The Morgan fingerprint density at radius 2 is 1.83 bits per heavy atom. The zero-order valence-corrected chi connectivity index (χ0v) is 8.34. The van der Waals surface area contributed by atoms with Crippen molar-refractivity contribution in [3.05, 3.63) is 0 Å². The molecule has 0 aliphatic heterocycles. The monoisotopic (exact) mass is 172 g/mol. The Balaban J connectivity index is 3.31. The van der Waals surface area contributed by atoms with Crippen LogP contribution in [-0.4, -0.2) is 11.1 Å². The van der Waals surface area contributed by atoms with Gasteiger partial charge in [0.2, 0.25) is 0 Å². The lowest BCUT2D eigenvalue weighted by molar-refractivity contribution is -0.138. The van der Waals surface area contributed by atoms with Gasteiger partial charge in [0.05, 0.1) is 0 Å². The predicted molar refractivity (Wildman–Crippen MR) is 50.1 cm³/mol. The Labute approximate surface area is 75.0 Å². The van der Waals surface area contributed by atoms with Gasteiger partial charge in [-0.15, -0.1) is 0 Å². The van der Waals surface area contributed by atoms with Crippen molar-refractivity contribution < 1.29 is 9.90 Å². The van der Waals surface area contributed by atoms with Crippen molar-refractivity contribution in [2.75, 3.05) is 0 Å². The fraction of sp³-hybridized carbons (Fsp3) is 0.900. The molecule has 0 aromatic rings. The van der Waals surface area contributed by atoms with Gasteiger partial charge < -0.3 is 5.11 Å². The van der Waals surface area contributed by atoms with E-state index in [2.05, 4.69) is 13.8 Å². The molecular weight excluding hydrogens is 152 g/mol. The Bertz CT molecular complexity index is 130. The highest BCUT2D eigenvalue weighted by Gasteiger charge is 2.07. The molecular formula is C10H20O2. The second-order valence-corrected chi connectivity index (χ2v) is 4.03. The average Bonchev–Trinajstić information content (AvgIpc) is 1.84. The number of aliphatic carboxylic acids is 1. The van der Waals surface area contributed by atoms with Crippen LogP contribution in [0.4, 0.5) is 0 Å². The summed E-state index contributed by atoms with van der Waals surface area (Å²) in [4.78, 5) is 10.3. The molecule has 2 nitrogen and oxygen atoms in total. The second kappa shape index (κ2) is 6.04. The van der Waals surface area contributed by atoms with Crippen molar-refractivity contribution in [2.45, 2.75) is 46.5 Å². The average molecular weight is 172 g/mol. The van der Waals surface area contributed by atoms with E-state index in [0.29, 0.717) is 12.3 Å². The van der Waals surface area contributed by atoms with Gasteiger partial charge in [0.25, 0.3) is 0 Å². The van der Waals surface area contributed by atoms with Gasteiger partial charge in [-0.25, -0.2) is 0 Å². The first kappa shape index (κ1) is 11.5. The van der Waals surface area contributed by atoms with E-state index < -0.39 is 5.97 Å². The minimum absolute atomic E-state index is 0.318. The first-order valence-electron chi connectivity index (χ1n) is 4.74. The number of carbonyl (C=O) groups is 1. The number of hydrogen-bond acceptors (Lipinski definition) is 1. The third kappa shape index (κ3) is 7.58. The van der Waals surface area contributed by atoms with Gasteiger partial charge in [0.15, 0.2) is 0 Å². The van der Waals surface area contributed by atoms with Crippen LogP contribution >= 0.6 is 0 Å². The molecule has 0 heterocycles. The van der Waals surface area contributed by atoms with Crippen LogP contribution in [0.5, 0.6) is 0 Å². The van der Waals surface area contributed by atoms with E-state index in [1.807, 2.05) is 6.92 Å². The van der Waals surface area contributed by atoms with Gasteiger partial charge in [-0.1, -0.05) is 40.0 Å². The fourth-order valence-electron chi connectivity index (χ4n) is 1.27. The van der Waals surface area contributed by atoms with Crippen molar-refractivity contribution in [3.63, 3.8) is 0 Å². The van der Waals surface area contributed by atoms with Crippen molar-refractivity contribution in [2.24, 2.45) is 11.8 Å². The van der Waals surface area contributed by atoms with Gasteiger partial charge in [0, 0.05) is 6.42 Å². The van der Waals surface area contributed by atoms with Crippen LogP contribution in [0.1, 0.15) is 46.5 Å². The zero-order chi connectivity index (χ0) is 9.56. The Hall–Kier alpha value is -0.530. The summed E-state index contributed by atoms with van der Waals surface area (Å²) < 4.78 is 0. The van der Waals surface area contributed by atoms with Crippen LogP contribution in [0.15, 0.2) is 0 Å². The molecule has 0 amide bonds. The molecule has 0 rings (SSSR count). The van der Waals surface area contributed by atoms with Gasteiger partial charge in [0.1, 0.15) is 0 Å². The van der Waals surface area contributed by atoms with Crippen molar-refractivity contribution in [3.8, 4) is 0 Å². The molecule has 0 aliphatic carbocycles. The third-order valence-corrected chi connectivity index (χ3v) is 2.00. The minimum atomic E-state index is -0.674.